The van der Waals surface area contributed by atoms with Crippen LogP contribution < -0.4 is 9.47 Å². The third-order valence-electron chi connectivity index (χ3n) is 7.99. The van der Waals surface area contributed by atoms with Crippen LogP contribution in [0.4, 0.5) is 0 Å². The van der Waals surface area contributed by atoms with Crippen LogP contribution in [0.5, 0.6) is 11.5 Å². The minimum absolute atomic E-state index is 0.160. The van der Waals surface area contributed by atoms with Gasteiger partial charge in [0.25, 0.3) is 0 Å². The molecule has 2 aromatic carbocycles. The highest BCUT2D eigenvalue weighted by Gasteiger charge is 2.45. The molecule has 9 atom stereocenters. The van der Waals surface area contributed by atoms with E-state index >= 15 is 0 Å². The Morgan fingerprint density at radius 1 is 0.795 bits per heavy atom. The van der Waals surface area contributed by atoms with Crippen molar-refractivity contribution >= 4 is 11.0 Å². The number of benzene rings is 2. The lowest BCUT2D eigenvalue weighted by atomic mass is 9.99. The van der Waals surface area contributed by atoms with E-state index in [1.54, 1.807) is 14.2 Å². The summed E-state index contributed by atoms with van der Waals surface area (Å²) in [5.74, 6) is 2.03. The van der Waals surface area contributed by atoms with Gasteiger partial charge >= 0.3 is 0 Å². The predicted octanol–water partition coefficient (Wildman–Crippen LogP) is 0.638. The molecule has 13 heteroatoms. The lowest BCUT2D eigenvalue weighted by Crippen LogP contribution is -2.60. The molecule has 0 bridgehead atoms. The molecule has 5 rings (SSSR count). The van der Waals surface area contributed by atoms with Crippen molar-refractivity contribution in [3.05, 3.63) is 47.5 Å². The average Bonchev–Trinajstić information content (AvgIpc) is 3.46. The van der Waals surface area contributed by atoms with Gasteiger partial charge in [-0.25, -0.2) is 0 Å². The molecule has 0 spiro atoms. The van der Waals surface area contributed by atoms with E-state index in [1.807, 2.05) is 43.3 Å². The molecule has 3 unspecified atom stereocenters. The van der Waals surface area contributed by atoms with Gasteiger partial charge in [0, 0.05) is 10.9 Å². The highest BCUT2D eigenvalue weighted by molar-refractivity contribution is 5.88. The van der Waals surface area contributed by atoms with Crippen molar-refractivity contribution in [1.82, 2.24) is 0 Å². The van der Waals surface area contributed by atoms with Crippen molar-refractivity contribution in [1.29, 1.82) is 0 Å². The number of hydrogen-bond acceptors (Lipinski definition) is 13. The van der Waals surface area contributed by atoms with Crippen molar-refractivity contribution in [3.63, 3.8) is 0 Å². The fraction of sp³-hybridized carbons (Fsp3) is 0.548. The second-order valence-corrected chi connectivity index (χ2v) is 11.1. The molecule has 242 valence electrons. The predicted molar refractivity (Wildman–Crippen MR) is 154 cm³/mol. The Bertz CT molecular complexity index is 1390. The van der Waals surface area contributed by atoms with Gasteiger partial charge in [0.2, 0.25) is 0 Å². The zero-order chi connectivity index (χ0) is 31.5. The molecule has 2 aliphatic rings. The van der Waals surface area contributed by atoms with E-state index in [2.05, 4.69) is 0 Å². The molecule has 13 nitrogen and oxygen atoms in total. The van der Waals surface area contributed by atoms with Crippen LogP contribution >= 0.6 is 0 Å². The number of rotatable bonds is 11. The largest absolute Gasteiger partial charge is 0.496 e. The SMILES string of the molecule is COc1cc(-c2cc3cc(CCCO[C@@H]4OC(CO[C@@H]5OC[C@@H](O)[C@H](O)C5O)[C@@H](O)[C@H](O)C4O)cc(OC)c3o2)ccc1C. The first kappa shape index (κ1) is 32.6. The monoisotopic (exact) mass is 620 g/mol. The van der Waals surface area contributed by atoms with Crippen molar-refractivity contribution in [2.45, 2.75) is 75.1 Å². The maximum absolute atomic E-state index is 10.4. The van der Waals surface area contributed by atoms with Gasteiger partial charge in [0.05, 0.1) is 34.0 Å². The average molecular weight is 621 g/mol. The van der Waals surface area contributed by atoms with Gasteiger partial charge in [0.1, 0.15) is 54.2 Å². The van der Waals surface area contributed by atoms with Crippen LogP contribution in [0.3, 0.4) is 0 Å². The summed E-state index contributed by atoms with van der Waals surface area (Å²) in [5, 5.41) is 61.6. The number of ether oxygens (including phenoxy) is 6. The van der Waals surface area contributed by atoms with Crippen LogP contribution in [0.25, 0.3) is 22.3 Å². The van der Waals surface area contributed by atoms with Gasteiger partial charge in [-0.05, 0) is 55.2 Å². The van der Waals surface area contributed by atoms with E-state index in [0.717, 1.165) is 27.8 Å². The summed E-state index contributed by atoms with van der Waals surface area (Å²) < 4.78 is 39.2. The second kappa shape index (κ2) is 14.1. The van der Waals surface area contributed by atoms with Gasteiger partial charge in [-0.3, -0.25) is 0 Å². The first-order chi connectivity index (χ1) is 21.1. The van der Waals surface area contributed by atoms with E-state index in [9.17, 15) is 30.6 Å². The molecular formula is C31H40O13. The van der Waals surface area contributed by atoms with Crippen molar-refractivity contribution in [2.75, 3.05) is 34.0 Å². The van der Waals surface area contributed by atoms with Gasteiger partial charge in [-0.15, -0.1) is 0 Å². The van der Waals surface area contributed by atoms with Crippen LogP contribution in [0.2, 0.25) is 0 Å². The molecule has 6 N–H and O–H groups in total. The van der Waals surface area contributed by atoms with Crippen LogP contribution in [0.1, 0.15) is 17.5 Å². The Balaban J connectivity index is 1.18. The summed E-state index contributed by atoms with van der Waals surface area (Å²) in [4.78, 5) is 0. The summed E-state index contributed by atoms with van der Waals surface area (Å²) in [6, 6.07) is 11.7. The summed E-state index contributed by atoms with van der Waals surface area (Å²) in [5.41, 5.74) is 3.49. The molecular weight excluding hydrogens is 580 g/mol. The van der Waals surface area contributed by atoms with E-state index in [0.29, 0.717) is 29.9 Å². The molecule has 3 heterocycles. The number of aryl methyl sites for hydroxylation is 2. The van der Waals surface area contributed by atoms with E-state index in [-0.39, 0.29) is 19.8 Å². The van der Waals surface area contributed by atoms with Crippen molar-refractivity contribution < 1.29 is 63.5 Å². The number of furan rings is 1. The summed E-state index contributed by atoms with van der Waals surface area (Å²) >= 11 is 0. The molecule has 44 heavy (non-hydrogen) atoms. The standard InChI is InChI=1S/C31H40O13/c1-15-6-7-17(11-20(15)38-2)21-12-18-9-16(10-22(39-3)29(18)43-21)5-4-8-40-31-28(37)26(35)25(34)23(44-31)14-42-30-27(36)24(33)19(32)13-41-30/h6-7,9-12,19,23-28,30-37H,4-5,8,13-14H2,1-3H3/t19-,23?,24+,25-,26+,27?,28?,30+,31-/m1/s1. The third kappa shape index (κ3) is 6.87. The first-order valence-corrected chi connectivity index (χ1v) is 14.5. The minimum atomic E-state index is -1.58. The Hall–Kier alpha value is -2.82. The quantitative estimate of drug-likeness (QED) is 0.164. The molecule has 2 saturated heterocycles. The smallest absolute Gasteiger partial charge is 0.186 e. The molecule has 0 saturated carbocycles. The van der Waals surface area contributed by atoms with Gasteiger partial charge < -0.3 is 63.5 Å². The van der Waals surface area contributed by atoms with Crippen LogP contribution in [-0.4, -0.2) is 120 Å². The molecule has 3 aromatic rings. The lowest BCUT2D eigenvalue weighted by Gasteiger charge is -2.41. The van der Waals surface area contributed by atoms with E-state index in [4.69, 9.17) is 32.8 Å². The summed E-state index contributed by atoms with van der Waals surface area (Å²) in [7, 11) is 3.20. The highest BCUT2D eigenvalue weighted by atomic mass is 16.7. The van der Waals surface area contributed by atoms with Gasteiger partial charge in [0.15, 0.2) is 23.9 Å². The molecule has 0 aliphatic carbocycles. The van der Waals surface area contributed by atoms with Crippen molar-refractivity contribution in [2.24, 2.45) is 0 Å². The molecule has 2 aliphatic heterocycles. The zero-order valence-electron chi connectivity index (χ0n) is 24.7. The Kier molecular flexibility index (Phi) is 10.4. The lowest BCUT2D eigenvalue weighted by molar-refractivity contribution is -0.320. The normalized spacial score (nSPS) is 30.9. The maximum atomic E-state index is 10.4. The van der Waals surface area contributed by atoms with Crippen LogP contribution in [0.15, 0.2) is 40.8 Å². The highest BCUT2D eigenvalue weighted by Crippen LogP contribution is 2.36. The maximum Gasteiger partial charge on any atom is 0.186 e. The van der Waals surface area contributed by atoms with Crippen LogP contribution in [0, 0.1) is 6.92 Å². The Morgan fingerprint density at radius 3 is 2.30 bits per heavy atom. The van der Waals surface area contributed by atoms with Gasteiger partial charge in [-0.2, -0.15) is 0 Å². The Morgan fingerprint density at radius 2 is 1.55 bits per heavy atom. The summed E-state index contributed by atoms with van der Waals surface area (Å²) in [6.45, 7) is 1.52. The molecule has 1 aromatic heterocycles. The third-order valence-corrected chi connectivity index (χ3v) is 7.99. The number of aliphatic hydroxyl groups is 6. The van der Waals surface area contributed by atoms with Crippen molar-refractivity contribution in [3.8, 4) is 22.8 Å². The second-order valence-electron chi connectivity index (χ2n) is 11.1. The number of aliphatic hydroxyl groups excluding tert-OH is 6. The summed E-state index contributed by atoms with van der Waals surface area (Å²) in [6.07, 6.45) is -11.4. The number of fused-ring (bicyclic) bond motifs is 1. The fourth-order valence-electron chi connectivity index (χ4n) is 5.38. The van der Waals surface area contributed by atoms with E-state index < -0.39 is 55.3 Å². The number of hydrogen-bond donors (Lipinski definition) is 6. The first-order valence-electron chi connectivity index (χ1n) is 14.5. The van der Waals surface area contributed by atoms with E-state index in [1.165, 1.54) is 0 Å². The molecule has 0 radical (unpaired) electrons. The fourth-order valence-corrected chi connectivity index (χ4v) is 5.38. The zero-order valence-corrected chi connectivity index (χ0v) is 24.7. The minimum Gasteiger partial charge on any atom is -0.496 e. The Labute approximate surface area is 254 Å². The molecule has 2 fully saturated rings. The molecule has 0 amide bonds. The van der Waals surface area contributed by atoms with Crippen LogP contribution in [-0.2, 0) is 25.4 Å². The topological polar surface area (TPSA) is 190 Å². The number of methoxy groups -OCH3 is 2. The van der Waals surface area contributed by atoms with Gasteiger partial charge in [-0.1, -0.05) is 12.1 Å².